The fourth-order valence-corrected chi connectivity index (χ4v) is 4.68. The number of carbonyl (C=O) groups excluding carboxylic acids is 2. The van der Waals surface area contributed by atoms with E-state index in [1.54, 1.807) is 51.2 Å². The van der Waals surface area contributed by atoms with Crippen LogP contribution in [0.2, 0.25) is 0 Å². The Bertz CT molecular complexity index is 916. The molecular formula is C25H35N3O6. The lowest BCUT2D eigenvalue weighted by molar-refractivity contribution is -0.154. The lowest BCUT2D eigenvalue weighted by Crippen LogP contribution is -2.50. The highest BCUT2D eigenvalue weighted by Gasteiger charge is 2.36. The molecule has 186 valence electrons. The molecule has 2 aliphatic heterocycles. The summed E-state index contributed by atoms with van der Waals surface area (Å²) in [5, 5.41) is 9.60. The maximum Gasteiger partial charge on any atom is 0.257 e. The van der Waals surface area contributed by atoms with Crippen LogP contribution >= 0.6 is 0 Å². The third-order valence-corrected chi connectivity index (χ3v) is 6.79. The molecule has 0 N–H and O–H groups in total. The van der Waals surface area contributed by atoms with Crippen molar-refractivity contribution in [3.05, 3.63) is 29.3 Å². The Morgan fingerprint density at radius 2 is 1.76 bits per heavy atom. The van der Waals surface area contributed by atoms with Crippen LogP contribution < -0.4 is 4.74 Å². The van der Waals surface area contributed by atoms with Gasteiger partial charge in [-0.1, -0.05) is 13.0 Å². The van der Waals surface area contributed by atoms with E-state index in [-0.39, 0.29) is 42.4 Å². The third kappa shape index (κ3) is 5.69. The number of rotatable bonds is 2. The van der Waals surface area contributed by atoms with Gasteiger partial charge < -0.3 is 28.7 Å². The van der Waals surface area contributed by atoms with Crippen molar-refractivity contribution in [1.82, 2.24) is 9.80 Å². The van der Waals surface area contributed by atoms with Crippen LogP contribution in [0.5, 0.6) is 5.75 Å². The van der Waals surface area contributed by atoms with E-state index >= 15 is 0 Å². The van der Waals surface area contributed by atoms with E-state index in [2.05, 4.69) is 6.07 Å². The van der Waals surface area contributed by atoms with Crippen molar-refractivity contribution in [3.8, 4) is 11.8 Å². The van der Waals surface area contributed by atoms with Crippen molar-refractivity contribution in [3.63, 3.8) is 0 Å². The average molecular weight is 474 g/mol. The second-order valence-electron chi connectivity index (χ2n) is 9.05. The summed E-state index contributed by atoms with van der Waals surface area (Å²) in [4.78, 5) is 29.7. The molecule has 9 heteroatoms. The predicted molar refractivity (Wildman–Crippen MR) is 125 cm³/mol. The van der Waals surface area contributed by atoms with Gasteiger partial charge in [-0.05, 0) is 25.0 Å². The second kappa shape index (κ2) is 11.6. The molecule has 2 heterocycles. The average Bonchev–Trinajstić information content (AvgIpc) is 2.85. The maximum absolute atomic E-state index is 13.3. The van der Waals surface area contributed by atoms with Gasteiger partial charge >= 0.3 is 0 Å². The van der Waals surface area contributed by atoms with Crippen molar-refractivity contribution in [1.29, 1.82) is 5.26 Å². The van der Waals surface area contributed by atoms with Crippen LogP contribution in [-0.2, 0) is 19.0 Å². The molecule has 2 aliphatic rings. The number of amides is 2. The molecule has 0 saturated carbocycles. The van der Waals surface area contributed by atoms with Gasteiger partial charge in [0.1, 0.15) is 17.9 Å². The largest absolute Gasteiger partial charge is 0.491 e. The van der Waals surface area contributed by atoms with Crippen LogP contribution in [0, 0.1) is 17.2 Å². The highest BCUT2D eigenvalue weighted by molar-refractivity contribution is 5.97. The van der Waals surface area contributed by atoms with E-state index in [1.165, 1.54) is 12.0 Å². The molecule has 2 bridgehead atoms. The standard InChI is InChI=1S/C25H35N3O6/c1-16-21(32-5)14-28(3)25(30)19-8-6-7-17(13-26)23(19)33-12-11-18-9-10-20(31-4)22(34-18)15-27(2)24(16)29/h6-8,16,18,20-22H,9-12,14-15H2,1-5H3/t16-,18-,20-,21+,22-/m1/s1. The highest BCUT2D eigenvalue weighted by Crippen LogP contribution is 2.28. The number of hydrogen-bond acceptors (Lipinski definition) is 7. The van der Waals surface area contributed by atoms with Crippen molar-refractivity contribution in [2.45, 2.75) is 50.6 Å². The molecule has 0 aliphatic carbocycles. The Balaban J connectivity index is 1.95. The highest BCUT2D eigenvalue weighted by atomic mass is 16.5. The first-order valence-corrected chi connectivity index (χ1v) is 11.7. The van der Waals surface area contributed by atoms with Crippen LogP contribution in [0.25, 0.3) is 0 Å². The summed E-state index contributed by atoms with van der Waals surface area (Å²) in [6.45, 7) is 2.70. The number of benzene rings is 1. The first-order chi connectivity index (χ1) is 16.3. The Morgan fingerprint density at radius 1 is 1.03 bits per heavy atom. The van der Waals surface area contributed by atoms with E-state index in [0.717, 1.165) is 12.8 Å². The SMILES string of the molecule is CO[C@H]1CN(C)C(=O)c2cccc(C#N)c2OCC[C@H]2CC[C@@H](OC)[C@@H](CN(C)C(=O)[C@@H]1C)O2. The Hall–Kier alpha value is -2.67. The summed E-state index contributed by atoms with van der Waals surface area (Å²) in [5.41, 5.74) is 0.609. The van der Waals surface area contributed by atoms with Crippen LogP contribution in [0.15, 0.2) is 18.2 Å². The zero-order chi connectivity index (χ0) is 24.8. The maximum atomic E-state index is 13.3. The molecule has 1 aromatic carbocycles. The van der Waals surface area contributed by atoms with Crippen LogP contribution in [0.1, 0.15) is 42.1 Å². The van der Waals surface area contributed by atoms with Crippen molar-refractivity contribution < 1.29 is 28.5 Å². The van der Waals surface area contributed by atoms with E-state index in [0.29, 0.717) is 30.7 Å². The van der Waals surface area contributed by atoms with E-state index in [9.17, 15) is 14.9 Å². The fourth-order valence-electron chi connectivity index (χ4n) is 4.68. The Kier molecular flexibility index (Phi) is 8.89. The molecule has 2 amide bonds. The fraction of sp³-hybridized carbons (Fsp3) is 0.640. The predicted octanol–water partition coefficient (Wildman–Crippen LogP) is 2.08. The van der Waals surface area contributed by atoms with Gasteiger partial charge in [-0.15, -0.1) is 0 Å². The number of para-hydroxylation sites is 1. The lowest BCUT2D eigenvalue weighted by atomic mass is 9.97. The number of carbonyl (C=O) groups is 2. The van der Waals surface area contributed by atoms with Gasteiger partial charge in [0.25, 0.3) is 5.91 Å². The van der Waals surface area contributed by atoms with Crippen LogP contribution in [0.3, 0.4) is 0 Å². The summed E-state index contributed by atoms with van der Waals surface area (Å²) >= 11 is 0. The summed E-state index contributed by atoms with van der Waals surface area (Å²) in [5.74, 6) is -0.601. The lowest BCUT2D eigenvalue weighted by Gasteiger charge is -2.38. The molecule has 5 atom stereocenters. The monoisotopic (exact) mass is 473 g/mol. The van der Waals surface area contributed by atoms with E-state index < -0.39 is 12.0 Å². The van der Waals surface area contributed by atoms with Gasteiger partial charge in [-0.25, -0.2) is 0 Å². The topological polar surface area (TPSA) is 101 Å². The minimum absolute atomic E-state index is 0.0759. The molecule has 1 fully saturated rings. The first-order valence-electron chi connectivity index (χ1n) is 11.7. The molecule has 0 radical (unpaired) electrons. The second-order valence-corrected chi connectivity index (χ2v) is 9.05. The Labute approximate surface area is 201 Å². The third-order valence-electron chi connectivity index (χ3n) is 6.79. The van der Waals surface area contributed by atoms with Crippen LogP contribution in [-0.4, -0.2) is 94.0 Å². The zero-order valence-corrected chi connectivity index (χ0v) is 20.7. The van der Waals surface area contributed by atoms with Gasteiger partial charge in [0.2, 0.25) is 5.91 Å². The van der Waals surface area contributed by atoms with Gasteiger partial charge in [0, 0.05) is 47.8 Å². The van der Waals surface area contributed by atoms with Gasteiger partial charge in [0.15, 0.2) is 0 Å². The normalized spacial score (nSPS) is 29.2. The molecule has 34 heavy (non-hydrogen) atoms. The van der Waals surface area contributed by atoms with E-state index in [1.807, 2.05) is 0 Å². The van der Waals surface area contributed by atoms with Crippen molar-refractivity contribution in [2.75, 3.05) is 48.0 Å². The number of likely N-dealkylation sites (N-methyl/N-ethyl adjacent to an activating group) is 2. The molecule has 0 aromatic heterocycles. The summed E-state index contributed by atoms with van der Waals surface area (Å²) in [6.07, 6.45) is 1.25. The number of methoxy groups -OCH3 is 2. The number of nitriles is 1. The number of fused-ring (bicyclic) bond motifs is 3. The molecule has 0 unspecified atom stereocenters. The molecule has 3 rings (SSSR count). The molecule has 9 nitrogen and oxygen atoms in total. The van der Waals surface area contributed by atoms with Crippen molar-refractivity contribution in [2.24, 2.45) is 5.92 Å². The summed E-state index contributed by atoms with van der Waals surface area (Å²) in [7, 11) is 6.61. The smallest absolute Gasteiger partial charge is 0.257 e. The van der Waals surface area contributed by atoms with E-state index in [4.69, 9.17) is 18.9 Å². The van der Waals surface area contributed by atoms with Gasteiger partial charge in [-0.2, -0.15) is 5.26 Å². The minimum Gasteiger partial charge on any atom is -0.491 e. The summed E-state index contributed by atoms with van der Waals surface area (Å²) in [6, 6.07) is 7.07. The molecule has 0 spiro atoms. The molecule has 1 saturated heterocycles. The zero-order valence-electron chi connectivity index (χ0n) is 20.7. The van der Waals surface area contributed by atoms with Gasteiger partial charge in [-0.3, -0.25) is 9.59 Å². The number of hydrogen-bond donors (Lipinski definition) is 0. The quantitative estimate of drug-likeness (QED) is 0.648. The minimum atomic E-state index is -0.515. The Morgan fingerprint density at radius 3 is 2.44 bits per heavy atom. The van der Waals surface area contributed by atoms with Crippen molar-refractivity contribution >= 4 is 11.8 Å². The molecular weight excluding hydrogens is 438 g/mol. The summed E-state index contributed by atoms with van der Waals surface area (Å²) < 4.78 is 23.6. The first kappa shape index (κ1) is 25.9. The molecule has 1 aromatic rings. The van der Waals surface area contributed by atoms with Gasteiger partial charge in [0.05, 0.1) is 42.0 Å². The number of ether oxygens (including phenoxy) is 4. The van der Waals surface area contributed by atoms with Crippen LogP contribution in [0.4, 0.5) is 0 Å². The number of nitrogens with zero attached hydrogens (tertiary/aromatic N) is 3.